The van der Waals surface area contributed by atoms with Crippen LogP contribution >= 0.6 is 0 Å². The van der Waals surface area contributed by atoms with Crippen LogP contribution in [0.25, 0.3) is 5.57 Å². The molecule has 1 N–H and O–H groups in total. The highest BCUT2D eigenvalue weighted by atomic mass is 32.2. The Labute approximate surface area is 188 Å². The Kier molecular flexibility index (Phi) is 4.96. The third-order valence-electron chi connectivity index (χ3n) is 6.30. The summed E-state index contributed by atoms with van der Waals surface area (Å²) in [6.45, 7) is -0.0396. The fraction of sp³-hybridized carbons (Fsp3) is 0.318. The highest BCUT2D eigenvalue weighted by Gasteiger charge is 2.43. The van der Waals surface area contributed by atoms with Crippen molar-refractivity contribution in [2.75, 3.05) is 24.7 Å². The Balaban J connectivity index is 1.34. The molecule has 172 valence electrons. The minimum atomic E-state index is -3.43. The van der Waals surface area contributed by atoms with E-state index in [4.69, 9.17) is 0 Å². The van der Waals surface area contributed by atoms with Crippen molar-refractivity contribution in [1.29, 1.82) is 0 Å². The molecule has 2 atom stereocenters. The van der Waals surface area contributed by atoms with Gasteiger partial charge in [0.2, 0.25) is 5.91 Å². The molecule has 1 aromatic carbocycles. The fourth-order valence-electron chi connectivity index (χ4n) is 4.70. The van der Waals surface area contributed by atoms with E-state index in [0.717, 1.165) is 22.8 Å². The number of amides is 3. The quantitative estimate of drug-likeness (QED) is 0.734. The SMILES string of the molecule is CS(=O)(=O)c1cncc(C2=C[C@@H]3C[C@H]2N(C(=O)CN2Cc4c(ccc(F)c4F)NC2=O)C3)c1. The number of fused-ring (bicyclic) bond motifs is 3. The molecule has 3 aliphatic rings. The van der Waals surface area contributed by atoms with Gasteiger partial charge >= 0.3 is 6.03 Å². The Morgan fingerprint density at radius 2 is 2.06 bits per heavy atom. The largest absolute Gasteiger partial charge is 0.333 e. The Bertz CT molecular complexity index is 1330. The van der Waals surface area contributed by atoms with Crippen molar-refractivity contribution in [2.24, 2.45) is 5.92 Å². The van der Waals surface area contributed by atoms with Gasteiger partial charge in [-0.2, -0.15) is 0 Å². The molecule has 3 heterocycles. The summed E-state index contributed by atoms with van der Waals surface area (Å²) in [4.78, 5) is 32.5. The lowest BCUT2D eigenvalue weighted by atomic mass is 10.0. The van der Waals surface area contributed by atoms with Gasteiger partial charge in [0.05, 0.1) is 23.2 Å². The number of carbonyl (C=O) groups excluding carboxylic acids is 2. The Morgan fingerprint density at radius 1 is 1.27 bits per heavy atom. The number of halogens is 2. The zero-order valence-corrected chi connectivity index (χ0v) is 18.4. The average Bonchev–Trinajstić information content (AvgIpc) is 3.38. The van der Waals surface area contributed by atoms with E-state index in [9.17, 15) is 26.8 Å². The predicted molar refractivity (Wildman–Crippen MR) is 115 cm³/mol. The van der Waals surface area contributed by atoms with Crippen LogP contribution in [0.3, 0.4) is 0 Å². The van der Waals surface area contributed by atoms with Crippen LogP contribution < -0.4 is 5.32 Å². The van der Waals surface area contributed by atoms with Gasteiger partial charge < -0.3 is 15.1 Å². The second kappa shape index (κ2) is 7.62. The number of rotatable bonds is 4. The number of sulfone groups is 1. The van der Waals surface area contributed by atoms with Crippen LogP contribution in [0.15, 0.2) is 41.6 Å². The molecule has 2 bridgehead atoms. The molecule has 0 radical (unpaired) electrons. The molecule has 1 saturated heterocycles. The summed E-state index contributed by atoms with van der Waals surface area (Å²) in [5.41, 5.74) is 1.63. The summed E-state index contributed by atoms with van der Waals surface area (Å²) in [6, 6.07) is 2.95. The molecule has 2 aliphatic heterocycles. The van der Waals surface area contributed by atoms with E-state index in [1.165, 1.54) is 12.3 Å². The first-order valence-electron chi connectivity index (χ1n) is 10.3. The number of hydrogen-bond acceptors (Lipinski definition) is 5. The zero-order valence-electron chi connectivity index (χ0n) is 17.6. The number of pyridine rings is 1. The number of aromatic nitrogens is 1. The highest BCUT2D eigenvalue weighted by molar-refractivity contribution is 7.90. The molecule has 33 heavy (non-hydrogen) atoms. The molecular weight excluding hydrogens is 454 g/mol. The van der Waals surface area contributed by atoms with Gasteiger partial charge in [0.25, 0.3) is 0 Å². The first kappa shape index (κ1) is 21.5. The van der Waals surface area contributed by atoms with E-state index in [2.05, 4.69) is 10.3 Å². The third-order valence-corrected chi connectivity index (χ3v) is 7.38. The number of nitrogens with zero attached hydrogens (tertiary/aromatic N) is 3. The summed E-state index contributed by atoms with van der Waals surface area (Å²) in [6.07, 6.45) is 6.67. The number of hydrogen-bond donors (Lipinski definition) is 1. The van der Waals surface area contributed by atoms with E-state index < -0.39 is 27.5 Å². The minimum Gasteiger partial charge on any atom is -0.333 e. The molecule has 1 aromatic heterocycles. The maximum Gasteiger partial charge on any atom is 0.322 e. The first-order valence-corrected chi connectivity index (χ1v) is 12.2. The molecule has 8 nitrogen and oxygen atoms in total. The standard InChI is InChI=1S/C22H20F2N4O4S/c1-33(31,32)14-6-13(7-25-8-14)15-4-12-5-19(15)28(9-12)20(29)11-27-10-16-18(26-22(27)30)3-2-17(23)21(16)24/h2-4,6-8,12,19H,5,9-11H2,1H3,(H,26,30)/t12-,19-/m1/s1. The third kappa shape index (κ3) is 3.75. The molecule has 5 rings (SSSR count). The number of nitrogens with one attached hydrogen (secondary N) is 1. The van der Waals surface area contributed by atoms with E-state index in [0.29, 0.717) is 18.5 Å². The monoisotopic (exact) mass is 474 g/mol. The lowest BCUT2D eigenvalue weighted by Crippen LogP contribution is -2.48. The predicted octanol–water partition coefficient (Wildman–Crippen LogP) is 2.43. The zero-order chi connectivity index (χ0) is 23.5. The molecule has 0 unspecified atom stereocenters. The van der Waals surface area contributed by atoms with Crippen molar-refractivity contribution in [3.8, 4) is 0 Å². The molecule has 3 amide bonds. The average molecular weight is 474 g/mol. The van der Waals surface area contributed by atoms with Crippen LogP contribution in [0.2, 0.25) is 0 Å². The van der Waals surface area contributed by atoms with Crippen LogP contribution in [0, 0.1) is 17.6 Å². The summed E-state index contributed by atoms with van der Waals surface area (Å²) < 4.78 is 51.6. The van der Waals surface area contributed by atoms with Crippen LogP contribution in [-0.4, -0.2) is 60.5 Å². The van der Waals surface area contributed by atoms with Crippen molar-refractivity contribution in [1.82, 2.24) is 14.8 Å². The summed E-state index contributed by atoms with van der Waals surface area (Å²) >= 11 is 0. The van der Waals surface area contributed by atoms with Crippen LogP contribution in [-0.2, 0) is 21.2 Å². The van der Waals surface area contributed by atoms with Crippen molar-refractivity contribution < 1.29 is 26.8 Å². The smallest absolute Gasteiger partial charge is 0.322 e. The van der Waals surface area contributed by atoms with Crippen molar-refractivity contribution in [2.45, 2.75) is 23.9 Å². The van der Waals surface area contributed by atoms with Crippen molar-refractivity contribution in [3.63, 3.8) is 0 Å². The maximum absolute atomic E-state index is 14.2. The van der Waals surface area contributed by atoms with E-state index >= 15 is 0 Å². The van der Waals surface area contributed by atoms with Crippen LogP contribution in [0.5, 0.6) is 0 Å². The Morgan fingerprint density at radius 3 is 2.79 bits per heavy atom. The van der Waals surface area contributed by atoms with Gasteiger partial charge in [0, 0.05) is 30.8 Å². The maximum atomic E-state index is 14.2. The molecule has 1 aliphatic carbocycles. The normalized spacial score (nSPS) is 21.7. The number of anilines is 1. The van der Waals surface area contributed by atoms with Gasteiger partial charge in [-0.05, 0) is 41.7 Å². The lowest BCUT2D eigenvalue weighted by molar-refractivity contribution is -0.132. The van der Waals surface area contributed by atoms with E-state index in [-0.39, 0.29) is 47.1 Å². The Hall–Kier alpha value is -3.34. The second-order valence-corrected chi connectivity index (χ2v) is 10.6. The summed E-state index contributed by atoms with van der Waals surface area (Å²) in [5, 5.41) is 2.50. The molecule has 0 saturated carbocycles. The van der Waals surface area contributed by atoms with Gasteiger partial charge in [0.1, 0.15) is 6.54 Å². The number of urea groups is 1. The summed E-state index contributed by atoms with van der Waals surface area (Å²) in [7, 11) is -3.43. The molecule has 0 spiro atoms. The molecule has 11 heteroatoms. The van der Waals surface area contributed by atoms with E-state index in [1.807, 2.05) is 6.08 Å². The number of likely N-dealkylation sites (tertiary alicyclic amines) is 1. The van der Waals surface area contributed by atoms with Gasteiger partial charge in [-0.3, -0.25) is 9.78 Å². The highest BCUT2D eigenvalue weighted by Crippen LogP contribution is 2.42. The second-order valence-electron chi connectivity index (χ2n) is 8.53. The molecule has 2 aromatic rings. The summed E-state index contributed by atoms with van der Waals surface area (Å²) in [5.74, 6) is -2.28. The van der Waals surface area contributed by atoms with Crippen molar-refractivity contribution >= 4 is 33.0 Å². The van der Waals surface area contributed by atoms with Gasteiger partial charge in [-0.1, -0.05) is 6.08 Å². The molecule has 1 fully saturated rings. The topological polar surface area (TPSA) is 99.7 Å². The number of benzene rings is 1. The van der Waals surface area contributed by atoms with Gasteiger partial charge in [-0.15, -0.1) is 0 Å². The lowest BCUT2D eigenvalue weighted by Gasteiger charge is -2.33. The molecular formula is C22H20F2N4O4S. The number of carbonyl (C=O) groups is 2. The van der Waals surface area contributed by atoms with Crippen LogP contribution in [0.4, 0.5) is 19.3 Å². The van der Waals surface area contributed by atoms with Crippen molar-refractivity contribution in [3.05, 3.63) is 59.4 Å². The van der Waals surface area contributed by atoms with Gasteiger partial charge in [-0.25, -0.2) is 22.0 Å². The minimum absolute atomic E-state index is 0.00501. The van der Waals surface area contributed by atoms with E-state index in [1.54, 1.807) is 17.2 Å². The first-order chi connectivity index (χ1) is 15.6. The van der Waals surface area contributed by atoms with Gasteiger partial charge in [0.15, 0.2) is 21.5 Å². The van der Waals surface area contributed by atoms with Crippen LogP contribution in [0.1, 0.15) is 17.5 Å². The fourth-order valence-corrected chi connectivity index (χ4v) is 5.29.